The van der Waals surface area contributed by atoms with E-state index in [0.717, 1.165) is 18.2 Å². The number of allylic oxidation sites excluding steroid dienone is 1. The van der Waals surface area contributed by atoms with Crippen molar-refractivity contribution in [1.29, 1.82) is 0 Å². The van der Waals surface area contributed by atoms with Crippen molar-refractivity contribution >= 4 is 21.8 Å². The number of carbonyl (C=O) groups excluding carboxylic acids is 1. The molecule has 0 aromatic carbocycles. The van der Waals surface area contributed by atoms with E-state index < -0.39 is 0 Å². The Labute approximate surface area is 68.8 Å². The Morgan fingerprint density at radius 1 is 1.70 bits per heavy atom. The highest BCUT2D eigenvalue weighted by atomic mass is 79.9. The van der Waals surface area contributed by atoms with E-state index in [-0.39, 0.29) is 5.91 Å². The Morgan fingerprint density at radius 3 is 2.90 bits per heavy atom. The quantitative estimate of drug-likeness (QED) is 0.543. The smallest absolute Gasteiger partial charge is 0.243 e. The lowest BCUT2D eigenvalue weighted by Crippen LogP contribution is -2.22. The topological polar surface area (TPSA) is 29.1 Å². The first-order valence-electron chi connectivity index (χ1n) is 3.36. The van der Waals surface area contributed by atoms with Gasteiger partial charge in [-0.1, -0.05) is 22.0 Å². The zero-order valence-corrected chi connectivity index (χ0v) is 7.23. The molecule has 0 bridgehead atoms. The number of hydrogen-bond acceptors (Lipinski definition) is 1. The Morgan fingerprint density at radius 2 is 2.40 bits per heavy atom. The van der Waals surface area contributed by atoms with Crippen molar-refractivity contribution in [3.05, 3.63) is 12.2 Å². The van der Waals surface area contributed by atoms with Gasteiger partial charge in [0.1, 0.15) is 0 Å². The van der Waals surface area contributed by atoms with E-state index in [1.165, 1.54) is 0 Å². The fraction of sp³-hybridized carbons (Fsp3) is 0.571. The predicted octanol–water partition coefficient (Wildman–Crippen LogP) is 1.22. The van der Waals surface area contributed by atoms with Crippen LogP contribution in [0.2, 0.25) is 0 Å². The van der Waals surface area contributed by atoms with E-state index in [4.69, 9.17) is 0 Å². The molecule has 1 aliphatic rings. The van der Waals surface area contributed by atoms with Gasteiger partial charge in [-0.3, -0.25) is 4.79 Å². The van der Waals surface area contributed by atoms with Gasteiger partial charge in [-0.25, -0.2) is 0 Å². The van der Waals surface area contributed by atoms with Crippen LogP contribution in [-0.4, -0.2) is 17.3 Å². The molecular weight excluding hydrogens is 194 g/mol. The first-order chi connectivity index (χ1) is 4.83. The molecule has 0 radical (unpaired) electrons. The Kier molecular flexibility index (Phi) is 2.93. The SMILES string of the molecule is O=C(/C=C/CBr)NC1CC1. The molecule has 3 heteroatoms. The number of amides is 1. The molecule has 56 valence electrons. The molecule has 0 spiro atoms. The molecule has 0 atom stereocenters. The predicted molar refractivity (Wildman–Crippen MR) is 44.1 cm³/mol. The zero-order valence-electron chi connectivity index (χ0n) is 5.64. The molecule has 0 aromatic rings. The summed E-state index contributed by atoms with van der Waals surface area (Å²) in [6, 6.07) is 0.465. The van der Waals surface area contributed by atoms with Crippen molar-refractivity contribution in [2.75, 3.05) is 5.33 Å². The average molecular weight is 204 g/mol. The van der Waals surface area contributed by atoms with Crippen LogP contribution in [-0.2, 0) is 4.79 Å². The third kappa shape index (κ3) is 3.01. The molecule has 0 saturated heterocycles. The van der Waals surface area contributed by atoms with Crippen LogP contribution in [0.3, 0.4) is 0 Å². The summed E-state index contributed by atoms with van der Waals surface area (Å²) in [7, 11) is 0. The fourth-order valence-corrected chi connectivity index (χ4v) is 0.815. The maximum absolute atomic E-state index is 10.8. The fourth-order valence-electron chi connectivity index (χ4n) is 0.629. The number of halogens is 1. The van der Waals surface area contributed by atoms with Crippen LogP contribution in [0.1, 0.15) is 12.8 Å². The first-order valence-corrected chi connectivity index (χ1v) is 4.48. The summed E-state index contributed by atoms with van der Waals surface area (Å²) in [5, 5.41) is 3.58. The van der Waals surface area contributed by atoms with Gasteiger partial charge >= 0.3 is 0 Å². The maximum Gasteiger partial charge on any atom is 0.243 e. The maximum atomic E-state index is 10.8. The summed E-state index contributed by atoms with van der Waals surface area (Å²) in [5.41, 5.74) is 0. The molecule has 0 heterocycles. The highest BCUT2D eigenvalue weighted by molar-refractivity contribution is 9.09. The molecule has 1 aliphatic carbocycles. The second-order valence-electron chi connectivity index (χ2n) is 2.34. The van der Waals surface area contributed by atoms with Crippen LogP contribution in [0.5, 0.6) is 0 Å². The number of rotatable bonds is 3. The summed E-state index contributed by atoms with van der Waals surface area (Å²) >= 11 is 3.19. The van der Waals surface area contributed by atoms with Gasteiger partial charge in [0.05, 0.1) is 0 Å². The normalized spacial score (nSPS) is 17.7. The minimum atomic E-state index is 0.0296. The van der Waals surface area contributed by atoms with Gasteiger partial charge in [0, 0.05) is 11.4 Å². The zero-order chi connectivity index (χ0) is 7.40. The first kappa shape index (κ1) is 7.79. The van der Waals surface area contributed by atoms with Crippen LogP contribution in [0.4, 0.5) is 0 Å². The second-order valence-corrected chi connectivity index (χ2v) is 2.99. The monoisotopic (exact) mass is 203 g/mol. The van der Waals surface area contributed by atoms with E-state index in [1.54, 1.807) is 12.2 Å². The number of nitrogens with one attached hydrogen (secondary N) is 1. The number of carbonyl (C=O) groups is 1. The van der Waals surface area contributed by atoms with Crippen molar-refractivity contribution in [3.63, 3.8) is 0 Å². The molecule has 10 heavy (non-hydrogen) atoms. The number of alkyl halides is 1. The van der Waals surface area contributed by atoms with E-state index in [9.17, 15) is 4.79 Å². The molecule has 1 N–H and O–H groups in total. The van der Waals surface area contributed by atoms with E-state index >= 15 is 0 Å². The second kappa shape index (κ2) is 3.76. The van der Waals surface area contributed by atoms with Crippen molar-refractivity contribution < 1.29 is 4.79 Å². The Bertz CT molecular complexity index is 152. The van der Waals surface area contributed by atoms with Crippen molar-refractivity contribution in [2.45, 2.75) is 18.9 Å². The van der Waals surface area contributed by atoms with Crippen LogP contribution in [0.15, 0.2) is 12.2 Å². The summed E-state index contributed by atoms with van der Waals surface area (Å²) in [6.45, 7) is 0. The van der Waals surface area contributed by atoms with Gasteiger partial charge in [-0.2, -0.15) is 0 Å². The molecule has 1 amide bonds. The van der Waals surface area contributed by atoms with Crippen molar-refractivity contribution in [2.24, 2.45) is 0 Å². The van der Waals surface area contributed by atoms with Gasteiger partial charge in [0.25, 0.3) is 0 Å². The van der Waals surface area contributed by atoms with Crippen molar-refractivity contribution in [3.8, 4) is 0 Å². The standard InChI is InChI=1S/C7H10BrNO/c8-5-1-2-7(10)9-6-3-4-6/h1-2,6H,3-5H2,(H,9,10)/b2-1+. The molecular formula is C7H10BrNO. The minimum absolute atomic E-state index is 0.0296. The summed E-state index contributed by atoms with van der Waals surface area (Å²) in [5.74, 6) is 0.0296. The minimum Gasteiger partial charge on any atom is -0.350 e. The Balaban J connectivity index is 2.13. The summed E-state index contributed by atoms with van der Waals surface area (Å²) in [6.07, 6.45) is 5.65. The van der Waals surface area contributed by atoms with E-state index in [2.05, 4.69) is 21.2 Å². The largest absolute Gasteiger partial charge is 0.350 e. The van der Waals surface area contributed by atoms with E-state index in [1.807, 2.05) is 0 Å². The van der Waals surface area contributed by atoms with Gasteiger partial charge < -0.3 is 5.32 Å². The summed E-state index contributed by atoms with van der Waals surface area (Å²) < 4.78 is 0. The molecule has 1 fully saturated rings. The average Bonchev–Trinajstić information content (AvgIpc) is 2.67. The van der Waals surface area contributed by atoms with Crippen LogP contribution in [0, 0.1) is 0 Å². The van der Waals surface area contributed by atoms with Gasteiger partial charge in [0.2, 0.25) is 5.91 Å². The van der Waals surface area contributed by atoms with Crippen LogP contribution in [0.25, 0.3) is 0 Å². The van der Waals surface area contributed by atoms with Crippen LogP contribution < -0.4 is 5.32 Å². The highest BCUT2D eigenvalue weighted by Crippen LogP contribution is 2.18. The summed E-state index contributed by atoms with van der Waals surface area (Å²) in [4.78, 5) is 10.8. The molecule has 0 aromatic heterocycles. The van der Waals surface area contributed by atoms with E-state index in [0.29, 0.717) is 6.04 Å². The molecule has 0 unspecified atom stereocenters. The molecule has 1 rings (SSSR count). The lowest BCUT2D eigenvalue weighted by molar-refractivity contribution is -0.116. The lowest BCUT2D eigenvalue weighted by atomic mass is 10.5. The highest BCUT2D eigenvalue weighted by Gasteiger charge is 2.21. The number of hydrogen-bond donors (Lipinski definition) is 1. The Hall–Kier alpha value is -0.310. The van der Waals surface area contributed by atoms with Gasteiger partial charge in [-0.15, -0.1) is 0 Å². The molecule has 1 saturated carbocycles. The third-order valence-corrected chi connectivity index (χ3v) is 1.66. The molecule has 0 aliphatic heterocycles. The lowest BCUT2D eigenvalue weighted by Gasteiger charge is -1.94. The van der Waals surface area contributed by atoms with Gasteiger partial charge in [-0.05, 0) is 18.9 Å². The van der Waals surface area contributed by atoms with Gasteiger partial charge in [0.15, 0.2) is 0 Å². The third-order valence-electron chi connectivity index (χ3n) is 1.28. The van der Waals surface area contributed by atoms with Crippen LogP contribution >= 0.6 is 15.9 Å². The molecule has 2 nitrogen and oxygen atoms in total. The van der Waals surface area contributed by atoms with Crippen molar-refractivity contribution in [1.82, 2.24) is 5.32 Å².